The van der Waals surface area contributed by atoms with Gasteiger partial charge in [0.05, 0.1) is 11.2 Å². The van der Waals surface area contributed by atoms with Crippen molar-refractivity contribution in [3.63, 3.8) is 0 Å². The Hall–Kier alpha value is -5.77. The summed E-state index contributed by atoms with van der Waals surface area (Å²) in [5, 5.41) is 5.31. The average molecular weight is 719 g/mol. The molecule has 1 aliphatic rings. The van der Waals surface area contributed by atoms with Crippen LogP contribution in [0.5, 0.6) is 0 Å². The molecule has 0 radical (unpaired) electrons. The predicted octanol–water partition coefficient (Wildman–Crippen LogP) is 9.86. The molecule has 2 N–H and O–H groups in total. The number of benzene rings is 5. The fourth-order valence-corrected chi connectivity index (χ4v) is 7.68. The number of aromatic nitrogens is 2. The lowest BCUT2D eigenvalue weighted by atomic mass is 9.73. The van der Waals surface area contributed by atoms with Gasteiger partial charge in [-0.2, -0.15) is 13.2 Å². The van der Waals surface area contributed by atoms with Crippen molar-refractivity contribution in [2.75, 3.05) is 11.9 Å². The summed E-state index contributed by atoms with van der Waals surface area (Å²) in [5.41, 5.74) is 7.29. The Morgan fingerprint density at radius 1 is 0.774 bits per heavy atom. The van der Waals surface area contributed by atoms with Crippen LogP contribution in [0.2, 0.25) is 0 Å². The van der Waals surface area contributed by atoms with E-state index >= 15 is 0 Å². The number of halogens is 4. The highest BCUT2D eigenvalue weighted by molar-refractivity contribution is 6.12. The van der Waals surface area contributed by atoms with Crippen LogP contribution >= 0.6 is 0 Å². The highest BCUT2D eigenvalue weighted by Gasteiger charge is 2.49. The zero-order valence-corrected chi connectivity index (χ0v) is 29.4. The Balaban J connectivity index is 1.13. The molecule has 0 aliphatic heterocycles. The second kappa shape index (κ2) is 14.3. The third kappa shape index (κ3) is 6.69. The molecular formula is C43H38F4N4O2. The summed E-state index contributed by atoms with van der Waals surface area (Å²) in [7, 11) is 0. The second-order valence-electron chi connectivity index (χ2n) is 13.5. The summed E-state index contributed by atoms with van der Waals surface area (Å²) in [5.74, 6) is -0.224. The van der Waals surface area contributed by atoms with Crippen molar-refractivity contribution in [3.05, 3.63) is 143 Å². The Morgan fingerprint density at radius 2 is 1.40 bits per heavy atom. The molecule has 1 aromatic heterocycles. The van der Waals surface area contributed by atoms with E-state index in [9.17, 15) is 27.2 Å². The van der Waals surface area contributed by atoms with Gasteiger partial charge in [0.1, 0.15) is 30.0 Å². The zero-order valence-electron chi connectivity index (χ0n) is 29.4. The van der Waals surface area contributed by atoms with Crippen LogP contribution in [0.25, 0.3) is 33.3 Å². The third-order valence-electron chi connectivity index (χ3n) is 10.2. The van der Waals surface area contributed by atoms with Gasteiger partial charge in [0.25, 0.3) is 5.91 Å². The van der Waals surface area contributed by atoms with Crippen molar-refractivity contribution in [1.82, 2.24) is 14.9 Å². The number of fused-ring (bicyclic) bond motifs is 4. The first-order chi connectivity index (χ1) is 25.5. The van der Waals surface area contributed by atoms with Crippen molar-refractivity contribution < 1.29 is 27.2 Å². The van der Waals surface area contributed by atoms with Crippen LogP contribution < -0.4 is 10.6 Å². The molecule has 2 amide bonds. The highest BCUT2D eigenvalue weighted by Crippen LogP contribution is 2.51. The molecule has 53 heavy (non-hydrogen) atoms. The fourth-order valence-electron chi connectivity index (χ4n) is 7.68. The minimum Gasteiger partial charge on any atom is -0.346 e. The maximum atomic E-state index is 13.9. The number of hydrogen-bond acceptors (Lipinski definition) is 3. The monoisotopic (exact) mass is 718 g/mol. The molecule has 0 spiro atoms. The van der Waals surface area contributed by atoms with Crippen molar-refractivity contribution >= 4 is 28.5 Å². The van der Waals surface area contributed by atoms with Gasteiger partial charge in [0.2, 0.25) is 5.91 Å². The molecule has 0 saturated heterocycles. The number of imidazole rings is 1. The molecule has 7 rings (SSSR count). The number of amides is 2. The van der Waals surface area contributed by atoms with Gasteiger partial charge in [-0.1, -0.05) is 97.1 Å². The molecule has 1 aliphatic carbocycles. The molecule has 5 aromatic carbocycles. The molecular weight excluding hydrogens is 680 g/mol. The molecule has 6 nitrogen and oxygen atoms in total. The van der Waals surface area contributed by atoms with Crippen LogP contribution in [0.1, 0.15) is 57.7 Å². The summed E-state index contributed by atoms with van der Waals surface area (Å²) >= 11 is 0. The van der Waals surface area contributed by atoms with Crippen LogP contribution in [0.15, 0.2) is 109 Å². The largest absolute Gasteiger partial charge is 0.405 e. The number of alkyl halides is 4. The van der Waals surface area contributed by atoms with E-state index in [0.29, 0.717) is 59.3 Å². The lowest BCUT2D eigenvalue weighted by Gasteiger charge is -2.31. The molecule has 1 heterocycles. The van der Waals surface area contributed by atoms with E-state index in [-0.39, 0.29) is 5.91 Å². The SMILES string of the molecule is Cc1ccc2c(nc(C)n2CCCCC2(C(=O)NCC(F)(F)F)c3ccccc3-c3ccccc32)c1NC(=O)c1ccccc1-c1ccc(CF)cc1. The maximum absolute atomic E-state index is 13.9. The van der Waals surface area contributed by atoms with Gasteiger partial charge in [-0.3, -0.25) is 9.59 Å². The Labute approximate surface area is 304 Å². The van der Waals surface area contributed by atoms with Crippen molar-refractivity contribution in [1.29, 1.82) is 0 Å². The van der Waals surface area contributed by atoms with Crippen LogP contribution in [0.4, 0.5) is 23.2 Å². The fraction of sp³-hybridized carbons (Fsp3) is 0.233. The van der Waals surface area contributed by atoms with E-state index in [1.165, 1.54) is 0 Å². The topological polar surface area (TPSA) is 76.0 Å². The van der Waals surface area contributed by atoms with Crippen LogP contribution in [0, 0.1) is 13.8 Å². The van der Waals surface area contributed by atoms with E-state index in [1.807, 2.05) is 86.6 Å². The number of nitrogens with zero attached hydrogens (tertiary/aromatic N) is 2. The third-order valence-corrected chi connectivity index (χ3v) is 10.2. The number of nitrogens with one attached hydrogen (secondary N) is 2. The standard InChI is InChI=1S/C43H38F4N4O2/c1-27-17-22-37-39(38(27)50-40(52)34-14-4-3-11-31(34)30-20-18-29(25-44)19-21-30)49-28(2)51(37)24-10-9-23-42(41(53)48-26-43(45,46)47)35-15-7-5-12-32(35)33-13-6-8-16-36(33)42/h3-8,11-22H,9-10,23-26H2,1-2H3,(H,48,53)(H,50,52). The highest BCUT2D eigenvalue weighted by atomic mass is 19.4. The van der Waals surface area contributed by atoms with Crippen molar-refractivity contribution in [2.24, 2.45) is 0 Å². The first-order valence-electron chi connectivity index (χ1n) is 17.6. The van der Waals surface area contributed by atoms with Gasteiger partial charge >= 0.3 is 6.18 Å². The average Bonchev–Trinajstić information content (AvgIpc) is 3.64. The van der Waals surface area contributed by atoms with Crippen molar-refractivity contribution in [2.45, 2.75) is 57.9 Å². The molecule has 0 bridgehead atoms. The van der Waals surface area contributed by atoms with Crippen LogP contribution in [0.3, 0.4) is 0 Å². The summed E-state index contributed by atoms with van der Waals surface area (Å²) in [6.45, 7) is 2.37. The van der Waals surface area contributed by atoms with Gasteiger partial charge in [0, 0.05) is 12.1 Å². The number of aryl methyl sites for hydroxylation is 3. The summed E-state index contributed by atoms with van der Waals surface area (Å²) < 4.78 is 55.1. The van der Waals surface area contributed by atoms with Gasteiger partial charge in [-0.05, 0) is 89.8 Å². The van der Waals surface area contributed by atoms with E-state index in [0.717, 1.165) is 39.2 Å². The predicted molar refractivity (Wildman–Crippen MR) is 199 cm³/mol. The number of carbonyl (C=O) groups is 2. The molecule has 10 heteroatoms. The molecule has 270 valence electrons. The zero-order chi connectivity index (χ0) is 37.3. The molecule has 0 unspecified atom stereocenters. The molecule has 0 saturated carbocycles. The van der Waals surface area contributed by atoms with Gasteiger partial charge in [-0.25, -0.2) is 9.37 Å². The Kier molecular flexibility index (Phi) is 9.63. The molecule has 6 aromatic rings. The minimum atomic E-state index is -4.54. The molecule has 0 atom stereocenters. The molecule has 0 fully saturated rings. The lowest BCUT2D eigenvalue weighted by Crippen LogP contribution is -2.47. The number of carbonyl (C=O) groups excluding carboxylic acids is 2. The first-order valence-corrected chi connectivity index (χ1v) is 17.6. The lowest BCUT2D eigenvalue weighted by molar-refractivity contribution is -0.141. The van der Waals surface area contributed by atoms with E-state index in [4.69, 9.17) is 4.98 Å². The van der Waals surface area contributed by atoms with Gasteiger partial charge in [0.15, 0.2) is 0 Å². The van der Waals surface area contributed by atoms with Gasteiger partial charge in [-0.15, -0.1) is 0 Å². The number of anilines is 1. The number of rotatable bonds is 11. The van der Waals surface area contributed by atoms with Crippen LogP contribution in [-0.4, -0.2) is 34.1 Å². The quantitative estimate of drug-likeness (QED) is 0.103. The van der Waals surface area contributed by atoms with Crippen LogP contribution in [-0.2, 0) is 23.4 Å². The Bertz CT molecular complexity index is 2280. The Morgan fingerprint density at radius 3 is 2.04 bits per heavy atom. The van der Waals surface area contributed by atoms with Crippen molar-refractivity contribution in [3.8, 4) is 22.3 Å². The van der Waals surface area contributed by atoms with E-state index in [1.54, 1.807) is 36.4 Å². The number of unbranched alkanes of at least 4 members (excludes halogenated alkanes) is 1. The maximum Gasteiger partial charge on any atom is 0.405 e. The summed E-state index contributed by atoms with van der Waals surface area (Å²) in [4.78, 5) is 32.6. The first kappa shape index (κ1) is 35.6. The van der Waals surface area contributed by atoms with E-state index < -0.39 is 30.7 Å². The normalized spacial score (nSPS) is 13.1. The second-order valence-corrected chi connectivity index (χ2v) is 13.5. The number of hydrogen-bond donors (Lipinski definition) is 2. The summed E-state index contributed by atoms with van der Waals surface area (Å²) in [6, 6.07) is 33.1. The summed E-state index contributed by atoms with van der Waals surface area (Å²) in [6.07, 6.45) is -3.07. The van der Waals surface area contributed by atoms with Gasteiger partial charge < -0.3 is 15.2 Å². The minimum absolute atomic E-state index is 0.302. The smallest absolute Gasteiger partial charge is 0.346 e. The van der Waals surface area contributed by atoms with E-state index in [2.05, 4.69) is 15.2 Å².